The molecule has 2 aromatic carbocycles. The fourth-order valence-corrected chi connectivity index (χ4v) is 2.93. The van der Waals surface area contributed by atoms with Crippen molar-refractivity contribution in [2.45, 2.75) is 31.0 Å². The number of carboxylic acid groups (broad SMARTS) is 1. The molecule has 1 aliphatic carbocycles. The molecule has 0 radical (unpaired) electrons. The Bertz CT molecular complexity index is 708. The number of aliphatic carboxylic acids is 1. The summed E-state index contributed by atoms with van der Waals surface area (Å²) in [6.07, 6.45) is -0.444. The summed E-state index contributed by atoms with van der Waals surface area (Å²) < 4.78 is 19.7. The minimum Gasteiger partial charge on any atom is -0.486 e. The van der Waals surface area contributed by atoms with Gasteiger partial charge in [-0.1, -0.05) is 36.4 Å². The number of aliphatic hydroxyl groups excluding tert-OH is 1. The van der Waals surface area contributed by atoms with E-state index >= 15 is 0 Å². The third kappa shape index (κ3) is 2.92. The second-order valence-corrected chi connectivity index (χ2v) is 5.87. The fourth-order valence-electron chi connectivity index (χ4n) is 2.93. The van der Waals surface area contributed by atoms with Gasteiger partial charge in [-0.05, 0) is 36.1 Å². The first-order valence-corrected chi connectivity index (χ1v) is 7.39. The molecule has 2 aromatic rings. The molecule has 0 heterocycles. The lowest BCUT2D eigenvalue weighted by atomic mass is 9.63. The average Bonchev–Trinajstić information content (AvgIpc) is 2.51. The zero-order valence-corrected chi connectivity index (χ0v) is 12.4. The Morgan fingerprint density at radius 1 is 1.22 bits per heavy atom. The van der Waals surface area contributed by atoms with Crippen molar-refractivity contribution < 1.29 is 24.1 Å². The third-order valence-corrected chi connectivity index (χ3v) is 4.30. The van der Waals surface area contributed by atoms with E-state index in [0.29, 0.717) is 5.56 Å². The van der Waals surface area contributed by atoms with Crippen LogP contribution in [0.4, 0.5) is 4.39 Å². The SMILES string of the molecule is O=C(O)C1(c2ccc(OCc3ccccc3)c(F)c2)CC(O)C1. The number of rotatable bonds is 5. The summed E-state index contributed by atoms with van der Waals surface area (Å²) in [5.74, 6) is -1.56. The van der Waals surface area contributed by atoms with E-state index in [2.05, 4.69) is 0 Å². The van der Waals surface area contributed by atoms with Crippen LogP contribution in [0.2, 0.25) is 0 Å². The van der Waals surface area contributed by atoms with Gasteiger partial charge < -0.3 is 14.9 Å². The maximum absolute atomic E-state index is 14.2. The number of hydrogen-bond donors (Lipinski definition) is 2. The molecule has 2 N–H and O–H groups in total. The maximum atomic E-state index is 14.2. The van der Waals surface area contributed by atoms with Crippen molar-refractivity contribution in [3.8, 4) is 5.75 Å². The zero-order chi connectivity index (χ0) is 16.4. The van der Waals surface area contributed by atoms with Crippen molar-refractivity contribution >= 4 is 5.97 Å². The van der Waals surface area contributed by atoms with Crippen molar-refractivity contribution in [1.82, 2.24) is 0 Å². The quantitative estimate of drug-likeness (QED) is 0.890. The molecule has 0 aliphatic heterocycles. The largest absolute Gasteiger partial charge is 0.486 e. The molecule has 0 aromatic heterocycles. The van der Waals surface area contributed by atoms with Gasteiger partial charge in [0.25, 0.3) is 0 Å². The van der Waals surface area contributed by atoms with Crippen LogP contribution in [0.15, 0.2) is 48.5 Å². The van der Waals surface area contributed by atoms with Gasteiger partial charge in [-0.3, -0.25) is 4.79 Å². The molecule has 1 fully saturated rings. The first-order valence-electron chi connectivity index (χ1n) is 7.39. The van der Waals surface area contributed by atoms with E-state index in [0.717, 1.165) is 5.56 Å². The lowest BCUT2D eigenvalue weighted by molar-refractivity contribution is -0.152. The minimum atomic E-state index is -1.20. The Kier molecular flexibility index (Phi) is 4.05. The monoisotopic (exact) mass is 316 g/mol. The van der Waals surface area contributed by atoms with Crippen molar-refractivity contribution in [3.63, 3.8) is 0 Å². The topological polar surface area (TPSA) is 66.8 Å². The normalized spacial score (nSPS) is 23.1. The van der Waals surface area contributed by atoms with Gasteiger partial charge in [0.15, 0.2) is 11.6 Å². The Morgan fingerprint density at radius 3 is 2.48 bits per heavy atom. The van der Waals surface area contributed by atoms with E-state index in [-0.39, 0.29) is 25.2 Å². The van der Waals surface area contributed by atoms with Crippen LogP contribution in [-0.4, -0.2) is 22.3 Å². The summed E-state index contributed by atoms with van der Waals surface area (Å²) in [5.41, 5.74) is 0.0815. The highest BCUT2D eigenvalue weighted by Crippen LogP contribution is 2.45. The molecule has 0 atom stereocenters. The van der Waals surface area contributed by atoms with E-state index < -0.39 is 23.3 Å². The maximum Gasteiger partial charge on any atom is 0.314 e. The minimum absolute atomic E-state index is 0.0815. The van der Waals surface area contributed by atoms with Gasteiger partial charge in [0.2, 0.25) is 0 Å². The first kappa shape index (κ1) is 15.5. The smallest absolute Gasteiger partial charge is 0.314 e. The summed E-state index contributed by atoms with van der Waals surface area (Å²) in [6.45, 7) is 0.236. The van der Waals surface area contributed by atoms with Gasteiger partial charge in [-0.15, -0.1) is 0 Å². The van der Waals surface area contributed by atoms with Gasteiger partial charge in [-0.25, -0.2) is 4.39 Å². The number of carboxylic acids is 1. The Balaban J connectivity index is 1.77. The molecule has 1 saturated carbocycles. The van der Waals surface area contributed by atoms with Crippen molar-refractivity contribution in [1.29, 1.82) is 0 Å². The van der Waals surface area contributed by atoms with Crippen molar-refractivity contribution in [2.24, 2.45) is 0 Å². The molecule has 23 heavy (non-hydrogen) atoms. The molecule has 5 heteroatoms. The van der Waals surface area contributed by atoms with Crippen molar-refractivity contribution in [3.05, 3.63) is 65.5 Å². The highest BCUT2D eigenvalue weighted by molar-refractivity contribution is 5.83. The number of benzene rings is 2. The van der Waals surface area contributed by atoms with E-state index in [1.807, 2.05) is 30.3 Å². The molecular formula is C18H17FO4. The van der Waals surface area contributed by atoms with Gasteiger partial charge in [0, 0.05) is 0 Å². The number of carbonyl (C=O) groups is 1. The van der Waals surface area contributed by atoms with Crippen molar-refractivity contribution in [2.75, 3.05) is 0 Å². The van der Waals surface area contributed by atoms with Gasteiger partial charge in [-0.2, -0.15) is 0 Å². The molecule has 1 aliphatic rings. The van der Waals surface area contributed by atoms with E-state index in [4.69, 9.17) is 4.74 Å². The first-order chi connectivity index (χ1) is 11.0. The second-order valence-electron chi connectivity index (χ2n) is 5.87. The number of aliphatic hydroxyl groups is 1. The summed E-state index contributed by atoms with van der Waals surface area (Å²) in [5, 5.41) is 18.8. The third-order valence-electron chi connectivity index (χ3n) is 4.30. The molecule has 0 unspecified atom stereocenters. The molecule has 0 spiro atoms. The van der Waals surface area contributed by atoms with E-state index in [9.17, 15) is 19.4 Å². The standard InChI is InChI=1S/C18H17FO4/c19-15-8-13(18(17(21)22)9-14(20)10-18)6-7-16(15)23-11-12-4-2-1-3-5-12/h1-8,14,20H,9-11H2,(H,21,22). The number of ether oxygens (including phenoxy) is 1. The van der Waals surface area contributed by atoms with E-state index in [1.165, 1.54) is 12.1 Å². The number of halogens is 1. The van der Waals surface area contributed by atoms with Crippen LogP contribution in [0.5, 0.6) is 5.75 Å². The average molecular weight is 316 g/mol. The molecule has 0 amide bonds. The lowest BCUT2D eigenvalue weighted by Crippen LogP contribution is -2.50. The highest BCUT2D eigenvalue weighted by Gasteiger charge is 2.51. The molecule has 0 saturated heterocycles. The Labute approximate surface area is 133 Å². The summed E-state index contributed by atoms with van der Waals surface area (Å²) >= 11 is 0. The molecule has 3 rings (SSSR count). The Hall–Kier alpha value is -2.40. The Morgan fingerprint density at radius 2 is 1.91 bits per heavy atom. The molecule has 0 bridgehead atoms. The van der Waals surface area contributed by atoms with Crippen LogP contribution in [-0.2, 0) is 16.8 Å². The fraction of sp³-hybridized carbons (Fsp3) is 0.278. The van der Waals surface area contributed by atoms with Crippen LogP contribution in [0.25, 0.3) is 0 Å². The summed E-state index contributed by atoms with van der Waals surface area (Å²) in [6, 6.07) is 13.6. The molecular weight excluding hydrogens is 299 g/mol. The predicted octanol–water partition coefficient (Wildman–Crippen LogP) is 2.88. The summed E-state index contributed by atoms with van der Waals surface area (Å²) in [7, 11) is 0. The van der Waals surface area contributed by atoms with Crippen LogP contribution in [0.3, 0.4) is 0 Å². The van der Waals surface area contributed by atoms with E-state index in [1.54, 1.807) is 6.07 Å². The molecule has 4 nitrogen and oxygen atoms in total. The lowest BCUT2D eigenvalue weighted by Gasteiger charge is -2.42. The second kappa shape index (κ2) is 6.01. The molecule has 120 valence electrons. The van der Waals surface area contributed by atoms with Gasteiger partial charge in [0.1, 0.15) is 6.61 Å². The predicted molar refractivity (Wildman–Crippen MR) is 81.7 cm³/mol. The number of hydrogen-bond acceptors (Lipinski definition) is 3. The van der Waals surface area contributed by atoms with Gasteiger partial charge in [0.05, 0.1) is 11.5 Å². The van der Waals surface area contributed by atoms with Crippen LogP contribution >= 0.6 is 0 Å². The highest BCUT2D eigenvalue weighted by atomic mass is 19.1. The van der Waals surface area contributed by atoms with Crippen LogP contribution in [0, 0.1) is 5.82 Å². The van der Waals surface area contributed by atoms with Gasteiger partial charge >= 0.3 is 5.97 Å². The summed E-state index contributed by atoms with van der Waals surface area (Å²) in [4.78, 5) is 11.5. The zero-order valence-electron chi connectivity index (χ0n) is 12.4. The van der Waals surface area contributed by atoms with Crippen LogP contribution < -0.4 is 4.74 Å². The van der Waals surface area contributed by atoms with Crippen LogP contribution in [0.1, 0.15) is 24.0 Å².